The first kappa shape index (κ1) is 17.3. The summed E-state index contributed by atoms with van der Waals surface area (Å²) in [7, 11) is 0. The molecule has 3 N–H and O–H groups in total. The number of thioether (sulfide) groups is 1. The van der Waals surface area contributed by atoms with Gasteiger partial charge in [-0.25, -0.2) is 0 Å². The number of hydrogen-bond donors (Lipinski definition) is 3. The number of thiocarbonyl (C=S) groups is 1. The van der Waals surface area contributed by atoms with Crippen molar-refractivity contribution >= 4 is 56.6 Å². The van der Waals surface area contributed by atoms with Gasteiger partial charge in [0.25, 0.3) is 0 Å². The van der Waals surface area contributed by atoms with Crippen LogP contribution in [0.25, 0.3) is 0 Å². The molecule has 0 atom stereocenters. The van der Waals surface area contributed by atoms with Crippen LogP contribution in [0.1, 0.15) is 6.42 Å². The van der Waals surface area contributed by atoms with Crippen LogP contribution < -0.4 is 16.0 Å². The number of rotatable bonds is 7. The molecule has 110 valence electrons. The van der Waals surface area contributed by atoms with Crippen molar-refractivity contribution in [3.63, 3.8) is 0 Å². The van der Waals surface area contributed by atoms with E-state index >= 15 is 0 Å². The second kappa shape index (κ2) is 10.0. The molecule has 0 aliphatic heterocycles. The molecule has 0 fully saturated rings. The van der Waals surface area contributed by atoms with Gasteiger partial charge in [-0.1, -0.05) is 12.1 Å². The number of carbonyl (C=O) groups is 1. The van der Waals surface area contributed by atoms with Gasteiger partial charge >= 0.3 is 0 Å². The molecule has 1 amide bonds. The second-order valence-electron chi connectivity index (χ2n) is 3.98. The summed E-state index contributed by atoms with van der Waals surface area (Å²) in [6.07, 6.45) is 3.12. The molecule has 7 heteroatoms. The Kier molecular flexibility index (Phi) is 8.64. The Morgan fingerprint density at radius 2 is 2.10 bits per heavy atom. The highest BCUT2D eigenvalue weighted by molar-refractivity contribution is 9.10. The van der Waals surface area contributed by atoms with Crippen molar-refractivity contribution in [2.24, 2.45) is 0 Å². The van der Waals surface area contributed by atoms with Gasteiger partial charge in [0.1, 0.15) is 0 Å². The van der Waals surface area contributed by atoms with Crippen LogP contribution in [0.3, 0.4) is 0 Å². The van der Waals surface area contributed by atoms with Gasteiger partial charge < -0.3 is 16.0 Å². The molecule has 0 unspecified atom stereocenters. The Bertz CT molecular complexity index is 457. The standard InChI is InChI=1S/C13H18BrN3OS2/c1-20-8-4-7-15-13(19)16-9-12(18)17-11-6-3-2-5-10(11)14/h2-3,5-6H,4,7-9H2,1H3,(H,17,18)(H2,15,16,19). The van der Waals surface area contributed by atoms with Gasteiger partial charge in [-0.05, 0) is 58.7 Å². The normalized spacial score (nSPS) is 9.90. The van der Waals surface area contributed by atoms with Crippen molar-refractivity contribution in [2.75, 3.05) is 30.4 Å². The first-order valence-electron chi connectivity index (χ1n) is 6.18. The lowest BCUT2D eigenvalue weighted by molar-refractivity contribution is -0.115. The number of halogens is 1. The molecule has 20 heavy (non-hydrogen) atoms. The number of benzene rings is 1. The monoisotopic (exact) mass is 375 g/mol. The minimum atomic E-state index is -0.134. The van der Waals surface area contributed by atoms with Gasteiger partial charge in [-0.3, -0.25) is 4.79 Å². The predicted molar refractivity (Wildman–Crippen MR) is 94.4 cm³/mol. The highest BCUT2D eigenvalue weighted by Gasteiger charge is 2.05. The zero-order valence-corrected chi connectivity index (χ0v) is 14.5. The van der Waals surface area contributed by atoms with E-state index in [9.17, 15) is 4.79 Å². The second-order valence-corrected chi connectivity index (χ2v) is 6.23. The number of amides is 1. The van der Waals surface area contributed by atoms with Gasteiger partial charge in [-0.2, -0.15) is 11.8 Å². The third-order valence-electron chi connectivity index (χ3n) is 2.37. The van der Waals surface area contributed by atoms with Crippen molar-refractivity contribution < 1.29 is 4.79 Å². The zero-order valence-electron chi connectivity index (χ0n) is 11.2. The van der Waals surface area contributed by atoms with E-state index in [2.05, 4.69) is 38.1 Å². The predicted octanol–water partition coefficient (Wildman–Crippen LogP) is 2.60. The van der Waals surface area contributed by atoms with Crippen LogP contribution in [0.2, 0.25) is 0 Å². The molecule has 4 nitrogen and oxygen atoms in total. The minimum Gasteiger partial charge on any atom is -0.363 e. The molecule has 1 rings (SSSR count). The van der Waals surface area contributed by atoms with Gasteiger partial charge in [0.05, 0.1) is 12.2 Å². The maximum absolute atomic E-state index is 11.8. The average Bonchev–Trinajstić information content (AvgIpc) is 2.44. The maximum Gasteiger partial charge on any atom is 0.243 e. The lowest BCUT2D eigenvalue weighted by Gasteiger charge is -2.11. The molecule has 1 aromatic rings. The summed E-state index contributed by atoms with van der Waals surface area (Å²) in [5.74, 6) is 0.961. The molecule has 0 spiro atoms. The Morgan fingerprint density at radius 3 is 2.80 bits per heavy atom. The van der Waals surface area contributed by atoms with Crippen LogP contribution in [0.15, 0.2) is 28.7 Å². The molecule has 0 heterocycles. The van der Waals surface area contributed by atoms with Gasteiger partial charge in [0, 0.05) is 11.0 Å². The van der Waals surface area contributed by atoms with Crippen molar-refractivity contribution in [3.8, 4) is 0 Å². The van der Waals surface area contributed by atoms with Crippen LogP contribution in [0, 0.1) is 0 Å². The molecule has 0 aliphatic rings. The first-order valence-corrected chi connectivity index (χ1v) is 8.78. The zero-order chi connectivity index (χ0) is 14.8. The van der Waals surface area contributed by atoms with Crippen LogP contribution in [0.5, 0.6) is 0 Å². The lowest BCUT2D eigenvalue weighted by Crippen LogP contribution is -2.40. The Morgan fingerprint density at radius 1 is 1.35 bits per heavy atom. The fourth-order valence-electron chi connectivity index (χ4n) is 1.40. The Hall–Kier alpha value is -0.790. The summed E-state index contributed by atoms with van der Waals surface area (Å²) in [6, 6.07) is 7.47. The van der Waals surface area contributed by atoms with E-state index in [4.69, 9.17) is 12.2 Å². The van der Waals surface area contributed by atoms with E-state index in [0.717, 1.165) is 28.9 Å². The van der Waals surface area contributed by atoms with Crippen LogP contribution in [-0.2, 0) is 4.79 Å². The molecule has 1 aromatic carbocycles. The van der Waals surface area contributed by atoms with E-state index in [0.29, 0.717) is 5.11 Å². The van der Waals surface area contributed by atoms with Crippen LogP contribution in [0.4, 0.5) is 5.69 Å². The minimum absolute atomic E-state index is 0.134. The van der Waals surface area contributed by atoms with Crippen molar-refractivity contribution in [1.29, 1.82) is 0 Å². The Labute approximate surface area is 137 Å². The molecule has 0 saturated heterocycles. The van der Waals surface area contributed by atoms with Crippen molar-refractivity contribution in [2.45, 2.75) is 6.42 Å². The number of anilines is 1. The molecule has 0 radical (unpaired) electrons. The summed E-state index contributed by atoms with van der Waals surface area (Å²) in [6.45, 7) is 0.966. The SMILES string of the molecule is CSCCCNC(=S)NCC(=O)Nc1ccccc1Br. The summed E-state index contributed by atoms with van der Waals surface area (Å²) in [5.41, 5.74) is 0.748. The topological polar surface area (TPSA) is 53.2 Å². The first-order chi connectivity index (χ1) is 9.63. The van der Waals surface area contributed by atoms with Crippen molar-refractivity contribution in [3.05, 3.63) is 28.7 Å². The maximum atomic E-state index is 11.8. The molecular formula is C13H18BrN3OS2. The number of nitrogens with one attached hydrogen (secondary N) is 3. The highest BCUT2D eigenvalue weighted by Crippen LogP contribution is 2.20. The largest absolute Gasteiger partial charge is 0.363 e. The van der Waals surface area contributed by atoms with Crippen molar-refractivity contribution in [1.82, 2.24) is 10.6 Å². The van der Waals surface area contributed by atoms with E-state index in [1.54, 1.807) is 11.8 Å². The van der Waals surface area contributed by atoms with E-state index < -0.39 is 0 Å². The quantitative estimate of drug-likeness (QED) is 0.505. The Balaban J connectivity index is 2.23. The van der Waals surface area contributed by atoms with Crippen LogP contribution >= 0.6 is 39.9 Å². The van der Waals surface area contributed by atoms with Crippen LogP contribution in [-0.4, -0.2) is 36.1 Å². The van der Waals surface area contributed by atoms with E-state index in [1.165, 1.54) is 0 Å². The highest BCUT2D eigenvalue weighted by atomic mass is 79.9. The third-order valence-corrected chi connectivity index (χ3v) is 4.05. The summed E-state index contributed by atoms with van der Waals surface area (Å²) < 4.78 is 0.853. The van der Waals surface area contributed by atoms with Gasteiger partial charge in [0.15, 0.2) is 5.11 Å². The fourth-order valence-corrected chi connectivity index (χ4v) is 2.39. The van der Waals surface area contributed by atoms with E-state index in [-0.39, 0.29) is 12.5 Å². The summed E-state index contributed by atoms with van der Waals surface area (Å²) >= 11 is 10.3. The number of carbonyl (C=O) groups excluding carboxylic acids is 1. The molecule has 0 saturated carbocycles. The summed E-state index contributed by atoms with van der Waals surface area (Å²) in [4.78, 5) is 11.8. The van der Waals surface area contributed by atoms with Gasteiger partial charge in [0.2, 0.25) is 5.91 Å². The molecule has 0 bridgehead atoms. The molecule has 0 aliphatic carbocycles. The summed E-state index contributed by atoms with van der Waals surface area (Å²) in [5, 5.41) is 9.26. The third kappa shape index (κ3) is 7.12. The molecular weight excluding hydrogens is 358 g/mol. The smallest absolute Gasteiger partial charge is 0.243 e. The fraction of sp³-hybridized carbons (Fsp3) is 0.385. The van der Waals surface area contributed by atoms with Gasteiger partial charge in [-0.15, -0.1) is 0 Å². The number of hydrogen-bond acceptors (Lipinski definition) is 3. The average molecular weight is 376 g/mol. The van der Waals surface area contributed by atoms with E-state index in [1.807, 2.05) is 24.3 Å². The lowest BCUT2D eigenvalue weighted by atomic mass is 10.3. The molecule has 0 aromatic heterocycles. The number of para-hydroxylation sites is 1.